The van der Waals surface area contributed by atoms with E-state index >= 15 is 0 Å². The van der Waals surface area contributed by atoms with Crippen molar-refractivity contribution >= 4 is 27.3 Å². The van der Waals surface area contributed by atoms with Gasteiger partial charge < -0.3 is 5.32 Å². The van der Waals surface area contributed by atoms with Crippen LogP contribution >= 0.6 is 27.3 Å². The number of benzene rings is 1. The minimum Gasteiger partial charge on any atom is -0.317 e. The minimum atomic E-state index is 0.662. The van der Waals surface area contributed by atoms with Crippen LogP contribution in [0.1, 0.15) is 29.2 Å². The Labute approximate surface area is 140 Å². The summed E-state index contributed by atoms with van der Waals surface area (Å²) in [6, 6.07) is 13.3. The van der Waals surface area contributed by atoms with Gasteiger partial charge in [0.1, 0.15) is 0 Å². The zero-order valence-corrected chi connectivity index (χ0v) is 15.3. The van der Waals surface area contributed by atoms with Gasteiger partial charge in [-0.25, -0.2) is 0 Å². The molecule has 1 heterocycles. The van der Waals surface area contributed by atoms with E-state index in [0.717, 1.165) is 30.4 Å². The highest BCUT2D eigenvalue weighted by Gasteiger charge is 2.12. The Kier molecular flexibility index (Phi) is 6.94. The van der Waals surface area contributed by atoms with E-state index < -0.39 is 0 Å². The standard InChI is InChI=1S/C18H24BrNS/c1-3-17-9-10-18(21-17)12-15(13-20-4-2)11-14-5-7-16(19)8-6-14/h5-10,15,20H,3-4,11-13H2,1-2H3. The van der Waals surface area contributed by atoms with Gasteiger partial charge in [0, 0.05) is 14.2 Å². The first-order valence-corrected chi connectivity index (χ1v) is 9.35. The molecule has 1 atom stereocenters. The maximum Gasteiger partial charge on any atom is 0.0175 e. The Morgan fingerprint density at radius 3 is 2.33 bits per heavy atom. The van der Waals surface area contributed by atoms with Crippen molar-refractivity contribution in [1.82, 2.24) is 5.32 Å². The zero-order valence-electron chi connectivity index (χ0n) is 12.9. The maximum atomic E-state index is 3.52. The Hall–Kier alpha value is -0.640. The van der Waals surface area contributed by atoms with Gasteiger partial charge in [-0.1, -0.05) is 41.9 Å². The lowest BCUT2D eigenvalue weighted by molar-refractivity contribution is 0.481. The highest BCUT2D eigenvalue weighted by atomic mass is 79.9. The fraction of sp³-hybridized carbons (Fsp3) is 0.444. The quantitative estimate of drug-likeness (QED) is 0.687. The van der Waals surface area contributed by atoms with E-state index in [1.165, 1.54) is 21.7 Å². The SMILES string of the molecule is CCNCC(Cc1ccc(Br)cc1)Cc1ccc(CC)s1. The third kappa shape index (κ3) is 5.57. The van der Waals surface area contributed by atoms with Crippen LogP contribution in [-0.4, -0.2) is 13.1 Å². The Bertz CT molecular complexity index is 532. The van der Waals surface area contributed by atoms with E-state index in [-0.39, 0.29) is 0 Å². The van der Waals surface area contributed by atoms with Crippen LogP contribution < -0.4 is 5.32 Å². The number of rotatable bonds is 8. The molecular formula is C18H24BrNS. The zero-order chi connectivity index (χ0) is 15.1. The van der Waals surface area contributed by atoms with Gasteiger partial charge in [0.05, 0.1) is 0 Å². The second-order valence-corrected chi connectivity index (χ2v) is 7.60. The van der Waals surface area contributed by atoms with E-state index in [1.807, 2.05) is 11.3 Å². The predicted octanol–water partition coefficient (Wildman–Crippen LogP) is 5.08. The summed E-state index contributed by atoms with van der Waals surface area (Å²) in [6.45, 7) is 6.54. The molecule has 1 N–H and O–H groups in total. The van der Waals surface area contributed by atoms with Crippen LogP contribution in [0.2, 0.25) is 0 Å². The Morgan fingerprint density at radius 1 is 1.00 bits per heavy atom. The molecule has 2 aromatic rings. The topological polar surface area (TPSA) is 12.0 Å². The Balaban J connectivity index is 2.01. The molecule has 114 valence electrons. The van der Waals surface area contributed by atoms with Crippen LogP contribution in [-0.2, 0) is 19.3 Å². The lowest BCUT2D eigenvalue weighted by Gasteiger charge is -2.17. The van der Waals surface area contributed by atoms with Gasteiger partial charge in [0.2, 0.25) is 0 Å². The Morgan fingerprint density at radius 2 is 1.71 bits per heavy atom. The molecule has 3 heteroatoms. The molecule has 0 spiro atoms. The van der Waals surface area contributed by atoms with Crippen LogP contribution in [0.15, 0.2) is 40.9 Å². The fourth-order valence-corrected chi connectivity index (χ4v) is 3.86. The first-order valence-electron chi connectivity index (χ1n) is 7.74. The number of nitrogens with one attached hydrogen (secondary N) is 1. The van der Waals surface area contributed by atoms with E-state index in [9.17, 15) is 0 Å². The second kappa shape index (κ2) is 8.72. The van der Waals surface area contributed by atoms with Crippen molar-refractivity contribution < 1.29 is 0 Å². The summed E-state index contributed by atoms with van der Waals surface area (Å²) in [7, 11) is 0. The summed E-state index contributed by atoms with van der Waals surface area (Å²) < 4.78 is 1.15. The van der Waals surface area contributed by atoms with Crippen molar-refractivity contribution in [3.8, 4) is 0 Å². The molecule has 1 nitrogen and oxygen atoms in total. The molecule has 0 aliphatic rings. The van der Waals surface area contributed by atoms with E-state index in [2.05, 4.69) is 71.5 Å². The highest BCUT2D eigenvalue weighted by Crippen LogP contribution is 2.22. The first kappa shape index (κ1) is 16.7. The van der Waals surface area contributed by atoms with E-state index in [1.54, 1.807) is 0 Å². The summed E-state index contributed by atoms with van der Waals surface area (Å²) in [5, 5.41) is 3.52. The molecule has 1 aromatic carbocycles. The van der Waals surface area contributed by atoms with Gasteiger partial charge >= 0.3 is 0 Å². The molecule has 0 saturated carbocycles. The average molecular weight is 366 g/mol. The third-order valence-electron chi connectivity index (χ3n) is 3.68. The normalized spacial score (nSPS) is 12.5. The van der Waals surface area contributed by atoms with Gasteiger partial charge in [-0.2, -0.15) is 0 Å². The van der Waals surface area contributed by atoms with Gasteiger partial charge in [-0.05, 0) is 68.1 Å². The monoisotopic (exact) mass is 365 g/mol. The highest BCUT2D eigenvalue weighted by molar-refractivity contribution is 9.10. The van der Waals surface area contributed by atoms with E-state index in [0.29, 0.717) is 5.92 Å². The molecule has 2 rings (SSSR count). The summed E-state index contributed by atoms with van der Waals surface area (Å²) in [5.41, 5.74) is 1.42. The van der Waals surface area contributed by atoms with Crippen LogP contribution in [0.4, 0.5) is 0 Å². The third-order valence-corrected chi connectivity index (χ3v) is 5.46. The summed E-state index contributed by atoms with van der Waals surface area (Å²) in [6.07, 6.45) is 3.46. The number of halogens is 1. The summed E-state index contributed by atoms with van der Waals surface area (Å²) in [5.74, 6) is 0.662. The lowest BCUT2D eigenvalue weighted by Crippen LogP contribution is -2.25. The molecule has 0 aliphatic heterocycles. The maximum absolute atomic E-state index is 3.52. The molecule has 1 aromatic heterocycles. The molecule has 0 amide bonds. The molecule has 0 radical (unpaired) electrons. The number of hydrogen-bond acceptors (Lipinski definition) is 2. The molecule has 1 unspecified atom stereocenters. The van der Waals surface area contributed by atoms with Crippen LogP contribution in [0.5, 0.6) is 0 Å². The minimum absolute atomic E-state index is 0.662. The molecule has 0 aliphatic carbocycles. The largest absolute Gasteiger partial charge is 0.317 e. The molecule has 0 fully saturated rings. The number of hydrogen-bond donors (Lipinski definition) is 1. The second-order valence-electron chi connectivity index (χ2n) is 5.43. The van der Waals surface area contributed by atoms with Crippen LogP contribution in [0.3, 0.4) is 0 Å². The molecule has 0 bridgehead atoms. The molecular weight excluding hydrogens is 342 g/mol. The van der Waals surface area contributed by atoms with Crippen molar-refractivity contribution in [2.24, 2.45) is 5.92 Å². The smallest absolute Gasteiger partial charge is 0.0175 e. The van der Waals surface area contributed by atoms with Crippen molar-refractivity contribution in [2.45, 2.75) is 33.1 Å². The first-order chi connectivity index (χ1) is 10.2. The predicted molar refractivity (Wildman–Crippen MR) is 97.3 cm³/mol. The van der Waals surface area contributed by atoms with Crippen molar-refractivity contribution in [1.29, 1.82) is 0 Å². The van der Waals surface area contributed by atoms with Gasteiger partial charge in [0.25, 0.3) is 0 Å². The summed E-state index contributed by atoms with van der Waals surface area (Å²) >= 11 is 5.48. The van der Waals surface area contributed by atoms with Gasteiger partial charge in [-0.15, -0.1) is 11.3 Å². The van der Waals surface area contributed by atoms with Crippen molar-refractivity contribution in [3.63, 3.8) is 0 Å². The van der Waals surface area contributed by atoms with Gasteiger partial charge in [0.15, 0.2) is 0 Å². The summed E-state index contributed by atoms with van der Waals surface area (Å²) in [4.78, 5) is 3.02. The number of aryl methyl sites for hydroxylation is 1. The van der Waals surface area contributed by atoms with E-state index in [4.69, 9.17) is 0 Å². The van der Waals surface area contributed by atoms with Crippen molar-refractivity contribution in [3.05, 3.63) is 56.2 Å². The molecule has 0 saturated heterocycles. The van der Waals surface area contributed by atoms with Crippen molar-refractivity contribution in [2.75, 3.05) is 13.1 Å². The van der Waals surface area contributed by atoms with Gasteiger partial charge in [-0.3, -0.25) is 0 Å². The fourth-order valence-electron chi connectivity index (χ4n) is 2.53. The lowest BCUT2D eigenvalue weighted by atomic mass is 9.95. The molecule has 21 heavy (non-hydrogen) atoms. The van der Waals surface area contributed by atoms with Crippen LogP contribution in [0.25, 0.3) is 0 Å². The van der Waals surface area contributed by atoms with Crippen LogP contribution in [0, 0.1) is 5.92 Å². The number of thiophene rings is 1. The average Bonchev–Trinajstić information content (AvgIpc) is 2.95.